The number of nitrogens with zero attached hydrogens (tertiary/aromatic N) is 1. The van der Waals surface area contributed by atoms with Crippen LogP contribution in [-0.2, 0) is 20.8 Å². The quantitative estimate of drug-likeness (QED) is 0.347. The molecule has 3 aromatic rings. The molecule has 0 saturated carbocycles. The lowest BCUT2D eigenvalue weighted by molar-refractivity contribution is -0.127. The van der Waals surface area contributed by atoms with Crippen molar-refractivity contribution in [2.75, 3.05) is 30.9 Å². The highest BCUT2D eigenvalue weighted by molar-refractivity contribution is 8.18. The van der Waals surface area contributed by atoms with Gasteiger partial charge < -0.3 is 20.1 Å². The molecule has 0 aliphatic carbocycles. The number of carbonyl (C=O) groups is 4. The Hall–Kier alpha value is -4.57. The van der Waals surface area contributed by atoms with Crippen molar-refractivity contribution in [3.63, 3.8) is 0 Å². The van der Waals surface area contributed by atoms with E-state index in [9.17, 15) is 19.2 Å². The van der Waals surface area contributed by atoms with Crippen LogP contribution in [0, 0.1) is 0 Å². The molecule has 0 unspecified atom stereocenters. The van der Waals surface area contributed by atoms with Gasteiger partial charge in [0.05, 0.1) is 12.0 Å². The van der Waals surface area contributed by atoms with E-state index in [1.54, 1.807) is 48.5 Å². The molecule has 1 fully saturated rings. The van der Waals surface area contributed by atoms with Gasteiger partial charge in [0.25, 0.3) is 17.1 Å². The number of ether oxygens (including phenoxy) is 2. The van der Waals surface area contributed by atoms with Gasteiger partial charge in [-0.3, -0.25) is 24.1 Å². The second-order valence-corrected chi connectivity index (χ2v) is 9.47. The maximum Gasteiger partial charge on any atom is 0.294 e. The molecule has 0 aromatic heterocycles. The summed E-state index contributed by atoms with van der Waals surface area (Å²) in [5.74, 6) is -0.663. The molecule has 1 heterocycles. The second-order valence-electron chi connectivity index (χ2n) is 8.48. The number of aryl methyl sites for hydroxylation is 1. The Morgan fingerprint density at radius 1 is 0.897 bits per heavy atom. The first kappa shape index (κ1) is 27.5. The molecule has 1 saturated heterocycles. The van der Waals surface area contributed by atoms with E-state index >= 15 is 0 Å². The average molecular weight is 546 g/mol. The number of rotatable bonds is 10. The number of amides is 4. The number of anilines is 2. The van der Waals surface area contributed by atoms with Crippen LogP contribution in [0.5, 0.6) is 11.5 Å². The van der Waals surface area contributed by atoms with Crippen LogP contribution in [0.25, 0.3) is 6.08 Å². The monoisotopic (exact) mass is 545 g/mol. The van der Waals surface area contributed by atoms with Crippen LogP contribution in [0.15, 0.2) is 77.7 Å². The SMILES string of the molecule is CCc1ccc(NC(=O)COc2ccc(/C=C3\SC(=O)N(CC(=O)Nc4ccccc4)C3=O)cc2OC)cc1. The summed E-state index contributed by atoms with van der Waals surface area (Å²) in [6.07, 6.45) is 2.45. The van der Waals surface area contributed by atoms with E-state index in [0.717, 1.165) is 23.1 Å². The first-order chi connectivity index (χ1) is 18.9. The number of hydrogen-bond donors (Lipinski definition) is 2. The summed E-state index contributed by atoms with van der Waals surface area (Å²) >= 11 is 0.753. The number of para-hydroxylation sites is 1. The smallest absolute Gasteiger partial charge is 0.294 e. The van der Waals surface area contributed by atoms with Gasteiger partial charge in [-0.15, -0.1) is 0 Å². The van der Waals surface area contributed by atoms with Gasteiger partial charge >= 0.3 is 0 Å². The molecule has 3 aromatic carbocycles. The largest absolute Gasteiger partial charge is 0.493 e. The summed E-state index contributed by atoms with van der Waals surface area (Å²) in [5.41, 5.74) is 3.00. The van der Waals surface area contributed by atoms with E-state index in [1.165, 1.54) is 12.7 Å². The summed E-state index contributed by atoms with van der Waals surface area (Å²) in [4.78, 5) is 51.0. The summed E-state index contributed by atoms with van der Waals surface area (Å²) < 4.78 is 11.0. The Kier molecular flexibility index (Phi) is 9.01. The summed E-state index contributed by atoms with van der Waals surface area (Å²) in [6.45, 7) is 1.44. The Balaban J connectivity index is 1.36. The molecule has 0 spiro atoms. The van der Waals surface area contributed by atoms with Gasteiger partial charge in [-0.05, 0) is 71.8 Å². The van der Waals surface area contributed by atoms with Gasteiger partial charge in [-0.25, -0.2) is 0 Å². The van der Waals surface area contributed by atoms with Crippen molar-refractivity contribution in [1.82, 2.24) is 4.90 Å². The summed E-state index contributed by atoms with van der Waals surface area (Å²) in [5, 5.41) is 4.91. The van der Waals surface area contributed by atoms with Gasteiger partial charge in [-0.2, -0.15) is 0 Å². The molecule has 4 rings (SSSR count). The molecule has 10 heteroatoms. The lowest BCUT2D eigenvalue weighted by Crippen LogP contribution is -2.36. The number of thioether (sulfide) groups is 1. The highest BCUT2D eigenvalue weighted by atomic mass is 32.2. The maximum absolute atomic E-state index is 12.8. The zero-order valence-corrected chi connectivity index (χ0v) is 22.2. The number of nitrogens with one attached hydrogen (secondary N) is 2. The number of imide groups is 1. The molecule has 4 amide bonds. The Bertz CT molecular complexity index is 1410. The van der Waals surface area contributed by atoms with Gasteiger partial charge in [0.15, 0.2) is 18.1 Å². The Morgan fingerprint density at radius 2 is 1.59 bits per heavy atom. The standard InChI is InChI=1S/C29H27N3O6S/c1-3-19-9-12-22(13-10-19)31-27(34)18-38-23-14-11-20(15-24(23)37-2)16-25-28(35)32(29(36)39-25)17-26(33)30-21-7-5-4-6-8-21/h4-16H,3,17-18H2,1-2H3,(H,30,33)(H,31,34)/b25-16-. The highest BCUT2D eigenvalue weighted by Gasteiger charge is 2.36. The van der Waals surface area contributed by atoms with Crippen LogP contribution in [0.1, 0.15) is 18.1 Å². The molecule has 0 atom stereocenters. The number of benzene rings is 3. The number of carbonyl (C=O) groups excluding carboxylic acids is 4. The van der Waals surface area contributed by atoms with Crippen molar-refractivity contribution in [3.8, 4) is 11.5 Å². The van der Waals surface area contributed by atoms with Crippen LogP contribution in [0.4, 0.5) is 16.2 Å². The van der Waals surface area contributed by atoms with Crippen molar-refractivity contribution < 1.29 is 28.7 Å². The van der Waals surface area contributed by atoms with Crippen molar-refractivity contribution in [2.45, 2.75) is 13.3 Å². The number of hydrogen-bond acceptors (Lipinski definition) is 7. The predicted octanol–water partition coefficient (Wildman–Crippen LogP) is 4.95. The molecular formula is C29H27N3O6S. The molecule has 0 radical (unpaired) electrons. The Labute approximate surface area is 230 Å². The van der Waals surface area contributed by atoms with Gasteiger partial charge in [0.1, 0.15) is 6.54 Å². The molecule has 1 aliphatic rings. The fourth-order valence-electron chi connectivity index (χ4n) is 3.71. The minimum absolute atomic E-state index is 0.178. The lowest BCUT2D eigenvalue weighted by atomic mass is 10.1. The summed E-state index contributed by atoms with van der Waals surface area (Å²) in [7, 11) is 1.46. The van der Waals surface area contributed by atoms with Crippen molar-refractivity contribution in [1.29, 1.82) is 0 Å². The third kappa shape index (κ3) is 7.26. The van der Waals surface area contributed by atoms with Crippen molar-refractivity contribution in [2.24, 2.45) is 0 Å². The van der Waals surface area contributed by atoms with Crippen molar-refractivity contribution >= 4 is 52.2 Å². The molecular weight excluding hydrogens is 518 g/mol. The predicted molar refractivity (Wildman–Crippen MR) is 151 cm³/mol. The van der Waals surface area contributed by atoms with Crippen LogP contribution < -0.4 is 20.1 Å². The Morgan fingerprint density at radius 3 is 2.28 bits per heavy atom. The van der Waals surface area contributed by atoms with E-state index in [1.807, 2.05) is 30.3 Å². The van der Waals surface area contributed by atoms with E-state index in [4.69, 9.17) is 9.47 Å². The molecule has 9 nitrogen and oxygen atoms in total. The minimum atomic E-state index is -0.559. The fraction of sp³-hybridized carbons (Fsp3) is 0.172. The van der Waals surface area contributed by atoms with E-state index < -0.39 is 23.6 Å². The third-order valence-electron chi connectivity index (χ3n) is 5.72. The third-order valence-corrected chi connectivity index (χ3v) is 6.63. The normalized spacial score (nSPS) is 13.9. The zero-order valence-electron chi connectivity index (χ0n) is 21.4. The minimum Gasteiger partial charge on any atom is -0.493 e. The van der Waals surface area contributed by atoms with Crippen LogP contribution >= 0.6 is 11.8 Å². The molecule has 2 N–H and O–H groups in total. The molecule has 200 valence electrons. The maximum atomic E-state index is 12.8. The average Bonchev–Trinajstić information content (AvgIpc) is 3.20. The fourth-order valence-corrected chi connectivity index (χ4v) is 4.55. The van der Waals surface area contributed by atoms with Gasteiger partial charge in [0, 0.05) is 11.4 Å². The number of methoxy groups -OCH3 is 1. The first-order valence-electron chi connectivity index (χ1n) is 12.2. The van der Waals surface area contributed by atoms with Gasteiger partial charge in [-0.1, -0.05) is 43.3 Å². The van der Waals surface area contributed by atoms with E-state index in [2.05, 4.69) is 17.6 Å². The van der Waals surface area contributed by atoms with E-state index in [-0.39, 0.29) is 17.4 Å². The van der Waals surface area contributed by atoms with Crippen LogP contribution in [-0.4, -0.2) is 48.1 Å². The molecule has 0 bridgehead atoms. The van der Waals surface area contributed by atoms with Crippen LogP contribution in [0.2, 0.25) is 0 Å². The first-order valence-corrected chi connectivity index (χ1v) is 13.0. The van der Waals surface area contributed by atoms with E-state index in [0.29, 0.717) is 28.4 Å². The van der Waals surface area contributed by atoms with Crippen molar-refractivity contribution in [3.05, 3.63) is 88.8 Å². The van der Waals surface area contributed by atoms with Crippen LogP contribution in [0.3, 0.4) is 0 Å². The molecule has 1 aliphatic heterocycles. The highest BCUT2D eigenvalue weighted by Crippen LogP contribution is 2.34. The zero-order chi connectivity index (χ0) is 27.8. The lowest BCUT2D eigenvalue weighted by Gasteiger charge is -2.12. The molecule has 39 heavy (non-hydrogen) atoms. The van der Waals surface area contributed by atoms with Gasteiger partial charge in [0.2, 0.25) is 5.91 Å². The second kappa shape index (κ2) is 12.8. The topological polar surface area (TPSA) is 114 Å². The summed E-state index contributed by atoms with van der Waals surface area (Å²) in [6, 6.07) is 21.3.